The van der Waals surface area contributed by atoms with E-state index in [9.17, 15) is 84.4 Å². The van der Waals surface area contributed by atoms with Crippen molar-refractivity contribution in [3.8, 4) is 67.6 Å². The lowest BCUT2D eigenvalue weighted by atomic mass is 9.86. The second-order valence-electron chi connectivity index (χ2n) is 31.9. The molecule has 24 N–H and O–H groups in total. The van der Waals surface area contributed by atoms with Crippen LogP contribution in [0.25, 0.3) is 21.6 Å². The molecular weight excluding hydrogens is 1730 g/mol. The zero-order valence-electron chi connectivity index (χ0n) is 67.4. The summed E-state index contributed by atoms with van der Waals surface area (Å²) in [6.45, 7) is 5.19. The van der Waals surface area contributed by atoms with Gasteiger partial charge in [0.1, 0.15) is 120 Å². The van der Waals surface area contributed by atoms with Crippen LogP contribution in [-0.2, 0) is 68.6 Å². The van der Waals surface area contributed by atoms with Crippen LogP contribution in [-0.4, -0.2) is 238 Å². The number of carbonyl (C=O) groups is 8. The van der Waals surface area contributed by atoms with E-state index in [0.29, 0.717) is 15.3 Å². The van der Waals surface area contributed by atoms with Crippen LogP contribution in [0.4, 0.5) is 8.78 Å². The zero-order valence-corrected chi connectivity index (χ0v) is 69.7. The minimum Gasteiger partial charge on any atom is -0.508 e. The second kappa shape index (κ2) is 38.5. The van der Waals surface area contributed by atoms with Crippen LogP contribution in [0.5, 0.6) is 46.0 Å². The number of benzene rings is 6. The van der Waals surface area contributed by atoms with E-state index in [0.717, 1.165) is 78.9 Å². The van der Waals surface area contributed by atoms with Gasteiger partial charge in [-0.15, -0.1) is 11.3 Å². The van der Waals surface area contributed by atoms with Crippen molar-refractivity contribution in [3.63, 3.8) is 0 Å². The Morgan fingerprint density at radius 2 is 1.31 bits per heavy atom. The van der Waals surface area contributed by atoms with Gasteiger partial charge in [0.05, 0.1) is 41.3 Å². The first-order valence-corrected chi connectivity index (χ1v) is 41.1. The summed E-state index contributed by atoms with van der Waals surface area (Å²) >= 11 is 15.7. The average molecular weight is 1820 g/mol. The second-order valence-corrected chi connectivity index (χ2v) is 33.8. The molecule has 0 spiro atoms. The van der Waals surface area contributed by atoms with Gasteiger partial charge in [-0.2, -0.15) is 0 Å². The maximum atomic E-state index is 16.4. The summed E-state index contributed by atoms with van der Waals surface area (Å²) in [4.78, 5) is 121. The van der Waals surface area contributed by atoms with Crippen molar-refractivity contribution in [2.75, 3.05) is 20.2 Å². The van der Waals surface area contributed by atoms with Gasteiger partial charge in [-0.1, -0.05) is 61.3 Å². The first-order chi connectivity index (χ1) is 59.7. The largest absolute Gasteiger partial charge is 0.508 e. The molecule has 38 nitrogen and oxygen atoms in total. The number of rotatable bonds is 20. The summed E-state index contributed by atoms with van der Waals surface area (Å²) in [6, 6.07) is 5.52. The van der Waals surface area contributed by atoms with Crippen molar-refractivity contribution >= 4 is 81.9 Å². The summed E-state index contributed by atoms with van der Waals surface area (Å²) in [5, 5.41) is 159. The monoisotopic (exact) mass is 1820 g/mol. The molecule has 6 aromatic carbocycles. The Bertz CT molecular complexity index is 5310. The summed E-state index contributed by atoms with van der Waals surface area (Å²) in [6.07, 6.45) is -29.7. The maximum Gasteiger partial charge on any atom is 0.330 e. The molecule has 9 heterocycles. The van der Waals surface area contributed by atoms with Crippen LogP contribution in [0.2, 0.25) is 10.0 Å². The Hall–Kier alpha value is -10.6. The molecule has 3 fully saturated rings. The van der Waals surface area contributed by atoms with Crippen molar-refractivity contribution in [3.05, 3.63) is 164 Å². The molecule has 0 unspecified atom stereocenters. The number of aromatic hydroxyl groups is 3. The van der Waals surface area contributed by atoms with Crippen LogP contribution < -0.4 is 68.2 Å². The lowest BCUT2D eigenvalue weighted by Crippen LogP contribution is -2.65. The van der Waals surface area contributed by atoms with Crippen LogP contribution in [0.15, 0.2) is 109 Å². The van der Waals surface area contributed by atoms with E-state index in [4.69, 9.17) is 72.6 Å². The van der Waals surface area contributed by atoms with Gasteiger partial charge in [0.25, 0.3) is 0 Å². The molecule has 8 aliphatic heterocycles. The number of likely N-dealkylation sites (N-methyl/N-ethyl adjacent to an activating group) is 1. The topological polar surface area (TPSA) is 601 Å². The first kappa shape index (κ1) is 93.0. The summed E-state index contributed by atoms with van der Waals surface area (Å²) in [7, 11) is 1.45. The lowest BCUT2D eigenvalue weighted by molar-refractivity contribution is -0.350. The third-order valence-corrected chi connectivity index (χ3v) is 23.9. The van der Waals surface area contributed by atoms with Crippen LogP contribution in [0.1, 0.15) is 110 Å². The molecule has 0 radical (unpaired) electrons. The molecule has 23 atom stereocenters. The van der Waals surface area contributed by atoms with Crippen molar-refractivity contribution < 1.29 is 146 Å². The van der Waals surface area contributed by atoms with Gasteiger partial charge >= 0.3 is 5.97 Å². The molecule has 1 aromatic heterocycles. The number of nitrogens with one attached hydrogen (secondary N) is 8. The van der Waals surface area contributed by atoms with Gasteiger partial charge in [-0.05, 0) is 140 Å². The number of aliphatic hydroxyl groups excluding tert-OH is 8. The van der Waals surface area contributed by atoms with Gasteiger partial charge in [0.2, 0.25) is 53.4 Å². The summed E-state index contributed by atoms with van der Waals surface area (Å²) < 4.78 is 79.0. The predicted molar refractivity (Wildman–Crippen MR) is 436 cm³/mol. The predicted octanol–water partition coefficient (Wildman–Crippen LogP) is 1.73. The van der Waals surface area contributed by atoms with Gasteiger partial charge in [-0.25, -0.2) is 13.6 Å². The van der Waals surface area contributed by atoms with E-state index in [1.54, 1.807) is 26.0 Å². The average Bonchev–Trinajstić information content (AvgIpc) is 0.874. The van der Waals surface area contributed by atoms with Crippen LogP contribution in [0.3, 0.4) is 0 Å². The van der Waals surface area contributed by atoms with E-state index < -0.39 is 296 Å². The smallest absolute Gasteiger partial charge is 0.330 e. The minimum absolute atomic E-state index is 0.0920. The number of halogens is 4. The molecule has 676 valence electrons. The van der Waals surface area contributed by atoms with E-state index >= 15 is 24.0 Å². The highest BCUT2D eigenvalue weighted by atomic mass is 35.5. The third-order valence-electron chi connectivity index (χ3n) is 22.2. The molecule has 0 aliphatic carbocycles. The standard InChI is InChI=1S/C83H92Cl2F2N10O28S/c1-30(2)16-45(90-5)74(110)96-62-64(103)34-8-13-49(41(84)18-34)119-51-21-36-22-52(71(51)124-82-69(108)67(106)72(54(29-98)122-82)125-81-68(107)66(105)65(104)53(121-81)28-91-27-38-10-15-55(126-38)32-6-11-43(86)44(87)20-32)120-50-14-9-35(19-42(50)85)70(123-57-26-83(4,89)73(109)31(3)118-57)63-79(115)95-61(80(116)117)40-23-37(99)24-48(101)58(40)39-17-33(7-12-47(39)100)59(76(112)97-63)94-77(113)60(36)93-75(111)46(25-56(88)102)92-78(62)114/h6-15,17-24,30-31,45-46,53-54,57,59-70,72-73,81-82,90-91,98-101,103-109H,16,25-29,89H2,1-5H3,(H2,88,102)(H,92,114)(H,93,111)(H,94,113)(H,95,115)(H,96,110)(H,97,112)(H,116,117)/t31-,45+,46-,53+,54+,57-,59+,60+,61+,62+,63-,64+,65-,66-,67+,68+,69+,70+,72+,73-,81-,82-,83-/m0/s1. The van der Waals surface area contributed by atoms with E-state index in [1.165, 1.54) is 50.4 Å². The fourth-order valence-electron chi connectivity index (χ4n) is 15.6. The fraction of sp³-hybridized carbons (Fsp3) is 0.422. The van der Waals surface area contributed by atoms with E-state index in [1.807, 2.05) is 0 Å². The number of phenolic OH excluding ortho intramolecular Hbond substituents is 3. The number of thiophene rings is 1. The Labute approximate surface area is 729 Å². The quantitative estimate of drug-likeness (QED) is 0.0517. The van der Waals surface area contributed by atoms with Crippen molar-refractivity contribution in [1.29, 1.82) is 0 Å². The number of hydrogen-bond donors (Lipinski definition) is 22. The number of carboxylic acids is 1. The number of aliphatic hydroxyl groups is 8. The maximum absolute atomic E-state index is 16.4. The Morgan fingerprint density at radius 3 is 1.95 bits per heavy atom. The molecule has 3 saturated heterocycles. The van der Waals surface area contributed by atoms with Crippen molar-refractivity contribution in [1.82, 2.24) is 42.5 Å². The number of carboxylic acid groups (broad SMARTS) is 1. The van der Waals surface area contributed by atoms with Crippen LogP contribution in [0, 0.1) is 17.6 Å². The van der Waals surface area contributed by atoms with Gasteiger partial charge in [0, 0.05) is 57.6 Å². The number of aliphatic carboxylic acids is 1. The molecule has 43 heteroatoms. The molecule has 11 bridgehead atoms. The minimum atomic E-state index is -2.44. The third kappa shape index (κ3) is 20.0. The number of amides is 7. The number of carbonyl (C=O) groups excluding carboxylic acids is 7. The molecular formula is C83H92Cl2F2N10O28S. The molecule has 0 saturated carbocycles. The highest BCUT2D eigenvalue weighted by molar-refractivity contribution is 7.15. The summed E-state index contributed by atoms with van der Waals surface area (Å²) in [5.41, 5.74) is 8.28. The Morgan fingerprint density at radius 1 is 0.667 bits per heavy atom. The molecule has 7 amide bonds. The van der Waals surface area contributed by atoms with Gasteiger partial charge in [-0.3, -0.25) is 33.6 Å². The molecule has 7 aromatic rings. The number of primary amides is 1. The number of hydrogen-bond acceptors (Lipinski definition) is 31. The lowest BCUT2D eigenvalue weighted by Gasteiger charge is -2.46. The zero-order chi connectivity index (χ0) is 91.1. The van der Waals surface area contributed by atoms with Crippen molar-refractivity contribution in [2.45, 2.75) is 193 Å². The normalized spacial score (nSPS) is 29.6. The number of nitrogens with two attached hydrogens (primary N) is 2. The molecule has 126 heavy (non-hydrogen) atoms. The van der Waals surface area contributed by atoms with Gasteiger partial charge in [0.15, 0.2) is 41.8 Å². The SMILES string of the molecule is CN[C@H](CC(C)C)C(=O)N[C@H]1C(=O)N[C@@H](CC(N)=O)C(=O)N[C@H]2C(=O)N[C@H]3C(=O)N[C@H](C(=O)N[C@@H](C(=O)O)c4cc(O)cc(O)c4-c4cc3ccc4O)[C@H](O[C@H]3C[C@](C)(N)[C@@H](O)[C@H](C)O3)c3ccc(c(Cl)c3)Oc3cc2cc(c3O[C@@H]2O[C@H](CO)[C@@H](O[C@@H]3O[C@H](CNCc4ccc(-c5ccc(F)c(F)c5)s4)[C@H](O)[C@H](O)[C@H]3O)[C@H](O)[C@H]2O)Oc2ccc(cc2Cl)[C@H]1O. The fourth-order valence-corrected chi connectivity index (χ4v) is 17.0. The Kier molecular flexibility index (Phi) is 28.4. The van der Waals surface area contributed by atoms with E-state index in [2.05, 4.69) is 42.5 Å². The summed E-state index contributed by atoms with van der Waals surface area (Å²) in [5.74, 6) is -19.0. The molecule has 8 aliphatic rings. The molecule has 15 rings (SSSR count). The Balaban J connectivity index is 0.964. The number of ether oxygens (including phenoxy) is 8. The number of fused-ring (bicyclic) bond motifs is 15. The van der Waals surface area contributed by atoms with E-state index in [-0.39, 0.29) is 43.0 Å². The number of phenols is 3. The van der Waals surface area contributed by atoms with Crippen molar-refractivity contribution in [2.24, 2.45) is 17.4 Å². The highest BCUT2D eigenvalue weighted by Gasteiger charge is 2.53. The van der Waals surface area contributed by atoms with Crippen LogP contribution >= 0.6 is 34.5 Å². The van der Waals surface area contributed by atoms with Gasteiger partial charge < -0.3 is 153 Å². The first-order valence-electron chi connectivity index (χ1n) is 39.6. The highest BCUT2D eigenvalue weighted by Crippen LogP contribution is 2.51.